The summed E-state index contributed by atoms with van der Waals surface area (Å²) >= 11 is 0. The standard InChI is InChI=1S/C14H15F4NO2/c15-10-7-9(11(16)13(18)12(10)17)14(21)19(5-2-6-20)8-3-1-4-8/h7-8,20H,1-6H2. The van der Waals surface area contributed by atoms with Gasteiger partial charge in [-0.3, -0.25) is 4.79 Å². The highest BCUT2D eigenvalue weighted by Gasteiger charge is 2.32. The Morgan fingerprint density at radius 1 is 1.19 bits per heavy atom. The molecule has 1 amide bonds. The van der Waals surface area contributed by atoms with E-state index < -0.39 is 34.7 Å². The van der Waals surface area contributed by atoms with E-state index in [0.717, 1.165) is 6.42 Å². The molecule has 0 unspecified atom stereocenters. The maximum absolute atomic E-state index is 13.7. The van der Waals surface area contributed by atoms with Crippen molar-refractivity contribution in [1.29, 1.82) is 0 Å². The largest absolute Gasteiger partial charge is 0.396 e. The van der Waals surface area contributed by atoms with Crippen LogP contribution in [-0.4, -0.2) is 35.1 Å². The number of hydrogen-bond acceptors (Lipinski definition) is 2. The van der Waals surface area contributed by atoms with Gasteiger partial charge >= 0.3 is 0 Å². The SMILES string of the molecule is O=C(c1cc(F)c(F)c(F)c1F)N(CCCO)C1CCC1. The summed E-state index contributed by atoms with van der Waals surface area (Å²) < 4.78 is 53.0. The van der Waals surface area contributed by atoms with Crippen molar-refractivity contribution in [2.45, 2.75) is 31.7 Å². The van der Waals surface area contributed by atoms with Crippen LogP contribution < -0.4 is 0 Å². The Balaban J connectivity index is 2.32. The van der Waals surface area contributed by atoms with Gasteiger partial charge in [-0.2, -0.15) is 0 Å². The van der Waals surface area contributed by atoms with E-state index in [1.54, 1.807) is 0 Å². The van der Waals surface area contributed by atoms with Crippen molar-refractivity contribution in [1.82, 2.24) is 4.90 Å². The third-order valence-corrected chi connectivity index (χ3v) is 3.67. The average molecular weight is 305 g/mol. The quantitative estimate of drug-likeness (QED) is 0.516. The lowest BCUT2D eigenvalue weighted by Crippen LogP contribution is -2.45. The molecule has 1 N–H and O–H groups in total. The number of nitrogens with zero attached hydrogens (tertiary/aromatic N) is 1. The van der Waals surface area contributed by atoms with E-state index in [1.807, 2.05) is 0 Å². The molecular weight excluding hydrogens is 290 g/mol. The average Bonchev–Trinajstić information content (AvgIpc) is 2.42. The van der Waals surface area contributed by atoms with E-state index in [2.05, 4.69) is 0 Å². The van der Waals surface area contributed by atoms with Gasteiger partial charge in [-0.25, -0.2) is 17.6 Å². The monoisotopic (exact) mass is 305 g/mol. The first-order chi connectivity index (χ1) is 9.97. The van der Waals surface area contributed by atoms with Gasteiger partial charge in [-0.05, 0) is 31.7 Å². The highest BCUT2D eigenvalue weighted by molar-refractivity contribution is 5.94. The van der Waals surface area contributed by atoms with Crippen LogP contribution in [0.15, 0.2) is 6.07 Å². The van der Waals surface area contributed by atoms with Gasteiger partial charge in [0.2, 0.25) is 0 Å². The molecule has 0 spiro atoms. The molecule has 1 aliphatic carbocycles. The molecule has 3 nitrogen and oxygen atoms in total. The molecule has 0 bridgehead atoms. The van der Waals surface area contributed by atoms with Gasteiger partial charge in [0.25, 0.3) is 5.91 Å². The summed E-state index contributed by atoms with van der Waals surface area (Å²) in [4.78, 5) is 13.6. The molecule has 21 heavy (non-hydrogen) atoms. The molecule has 1 aliphatic rings. The predicted molar refractivity (Wildman–Crippen MR) is 66.7 cm³/mol. The van der Waals surface area contributed by atoms with Crippen LogP contribution in [0.1, 0.15) is 36.0 Å². The molecule has 1 saturated carbocycles. The van der Waals surface area contributed by atoms with Crippen molar-refractivity contribution in [2.75, 3.05) is 13.2 Å². The molecule has 1 fully saturated rings. The Bertz CT molecular complexity index is 546. The summed E-state index contributed by atoms with van der Waals surface area (Å²) in [6.45, 7) is -0.00875. The normalized spacial score (nSPS) is 14.9. The Hall–Kier alpha value is -1.63. The maximum Gasteiger partial charge on any atom is 0.257 e. The predicted octanol–water partition coefficient (Wildman–Crippen LogP) is 2.62. The van der Waals surface area contributed by atoms with Gasteiger partial charge in [0.15, 0.2) is 23.3 Å². The fourth-order valence-corrected chi connectivity index (χ4v) is 2.27. The van der Waals surface area contributed by atoms with Gasteiger partial charge in [-0.15, -0.1) is 0 Å². The molecule has 116 valence electrons. The van der Waals surface area contributed by atoms with Crippen LogP contribution in [0.25, 0.3) is 0 Å². The molecule has 0 aromatic heterocycles. The van der Waals surface area contributed by atoms with E-state index >= 15 is 0 Å². The summed E-state index contributed by atoms with van der Waals surface area (Å²) in [6, 6.07) is 0.236. The first-order valence-electron chi connectivity index (χ1n) is 6.72. The number of aliphatic hydroxyl groups excluding tert-OH is 1. The van der Waals surface area contributed by atoms with E-state index in [4.69, 9.17) is 5.11 Å². The summed E-state index contributed by atoms with van der Waals surface area (Å²) in [5.41, 5.74) is -0.823. The van der Waals surface area contributed by atoms with Gasteiger partial charge in [-0.1, -0.05) is 0 Å². The molecule has 0 radical (unpaired) electrons. The third-order valence-electron chi connectivity index (χ3n) is 3.67. The van der Waals surface area contributed by atoms with E-state index in [0.29, 0.717) is 18.9 Å². The van der Waals surface area contributed by atoms with Crippen LogP contribution >= 0.6 is 0 Å². The molecule has 0 aliphatic heterocycles. The van der Waals surface area contributed by atoms with Crippen molar-refractivity contribution in [2.24, 2.45) is 0 Å². The number of rotatable bonds is 5. The van der Waals surface area contributed by atoms with Gasteiger partial charge in [0.05, 0.1) is 5.56 Å². The Labute approximate surface area is 119 Å². The smallest absolute Gasteiger partial charge is 0.257 e. The summed E-state index contributed by atoms with van der Waals surface area (Å²) in [5.74, 6) is -8.10. The maximum atomic E-state index is 13.7. The lowest BCUT2D eigenvalue weighted by atomic mass is 9.90. The van der Waals surface area contributed by atoms with Crippen LogP contribution in [0.3, 0.4) is 0 Å². The number of carbonyl (C=O) groups excluding carboxylic acids is 1. The lowest BCUT2D eigenvalue weighted by molar-refractivity contribution is 0.0555. The van der Waals surface area contributed by atoms with Crippen LogP contribution in [-0.2, 0) is 0 Å². The second kappa shape index (κ2) is 6.43. The minimum Gasteiger partial charge on any atom is -0.396 e. The van der Waals surface area contributed by atoms with Gasteiger partial charge in [0, 0.05) is 19.2 Å². The van der Waals surface area contributed by atoms with E-state index in [1.165, 1.54) is 4.90 Å². The van der Waals surface area contributed by atoms with E-state index in [9.17, 15) is 22.4 Å². The number of aliphatic hydroxyl groups is 1. The zero-order valence-corrected chi connectivity index (χ0v) is 11.2. The second-order valence-corrected chi connectivity index (χ2v) is 5.01. The van der Waals surface area contributed by atoms with Crippen molar-refractivity contribution >= 4 is 5.91 Å². The van der Waals surface area contributed by atoms with Crippen molar-refractivity contribution in [3.63, 3.8) is 0 Å². The van der Waals surface area contributed by atoms with Crippen LogP contribution in [0.2, 0.25) is 0 Å². The zero-order chi connectivity index (χ0) is 15.6. The number of hydrogen-bond donors (Lipinski definition) is 1. The number of halogens is 4. The highest BCUT2D eigenvalue weighted by Crippen LogP contribution is 2.28. The number of amides is 1. The highest BCUT2D eigenvalue weighted by atomic mass is 19.2. The fourth-order valence-electron chi connectivity index (χ4n) is 2.27. The number of benzene rings is 1. The molecular formula is C14H15F4NO2. The molecule has 0 heterocycles. The molecule has 1 aromatic carbocycles. The first-order valence-corrected chi connectivity index (χ1v) is 6.72. The zero-order valence-electron chi connectivity index (χ0n) is 11.2. The summed E-state index contributed by atoms with van der Waals surface area (Å²) in [5, 5.41) is 8.84. The molecule has 0 saturated heterocycles. The van der Waals surface area contributed by atoms with Gasteiger partial charge < -0.3 is 10.0 Å². The fraction of sp³-hybridized carbons (Fsp3) is 0.500. The molecule has 0 atom stereocenters. The second-order valence-electron chi connectivity index (χ2n) is 5.01. The topological polar surface area (TPSA) is 40.5 Å². The van der Waals surface area contributed by atoms with E-state index in [-0.39, 0.29) is 25.6 Å². The molecule has 1 aromatic rings. The summed E-state index contributed by atoms with van der Waals surface area (Å²) in [7, 11) is 0. The molecule has 2 rings (SSSR count). The Kier molecular flexibility index (Phi) is 4.82. The minimum atomic E-state index is -1.99. The van der Waals surface area contributed by atoms with Crippen LogP contribution in [0, 0.1) is 23.3 Å². The van der Waals surface area contributed by atoms with Gasteiger partial charge in [0.1, 0.15) is 0 Å². The van der Waals surface area contributed by atoms with Crippen molar-refractivity contribution < 1.29 is 27.5 Å². The summed E-state index contributed by atoms with van der Waals surface area (Å²) in [6.07, 6.45) is 2.61. The molecule has 7 heteroatoms. The first kappa shape index (κ1) is 15.8. The Morgan fingerprint density at radius 3 is 2.38 bits per heavy atom. The van der Waals surface area contributed by atoms with Crippen molar-refractivity contribution in [3.8, 4) is 0 Å². The third kappa shape index (κ3) is 3.02. The van der Waals surface area contributed by atoms with Crippen molar-refractivity contribution in [3.05, 3.63) is 34.9 Å². The van der Waals surface area contributed by atoms with Crippen LogP contribution in [0.4, 0.5) is 17.6 Å². The van der Waals surface area contributed by atoms with Crippen LogP contribution in [0.5, 0.6) is 0 Å². The number of carbonyl (C=O) groups is 1. The Morgan fingerprint density at radius 2 is 1.86 bits per heavy atom. The lowest BCUT2D eigenvalue weighted by Gasteiger charge is -2.37. The minimum absolute atomic E-state index is 0.139.